The van der Waals surface area contributed by atoms with Crippen molar-refractivity contribution in [3.05, 3.63) is 75.0 Å². The van der Waals surface area contributed by atoms with Gasteiger partial charge in [0.05, 0.1) is 18.4 Å². The molecule has 0 saturated carbocycles. The third-order valence-corrected chi connectivity index (χ3v) is 5.64. The average Bonchev–Trinajstić information content (AvgIpc) is 3.13. The number of pyridine rings is 1. The summed E-state index contributed by atoms with van der Waals surface area (Å²) in [5.74, 6) is -1.63. The van der Waals surface area contributed by atoms with Gasteiger partial charge in [0.25, 0.3) is 5.56 Å². The van der Waals surface area contributed by atoms with Crippen molar-refractivity contribution >= 4 is 11.6 Å². The van der Waals surface area contributed by atoms with Crippen LogP contribution in [-0.2, 0) is 21.6 Å². The van der Waals surface area contributed by atoms with Crippen molar-refractivity contribution < 1.29 is 23.0 Å². The number of aromatic nitrogens is 5. The topological polar surface area (TPSA) is 111 Å². The summed E-state index contributed by atoms with van der Waals surface area (Å²) in [7, 11) is 1.23. The van der Waals surface area contributed by atoms with E-state index in [4.69, 9.17) is 9.47 Å². The maximum absolute atomic E-state index is 14.0. The van der Waals surface area contributed by atoms with Gasteiger partial charge in [0.2, 0.25) is 0 Å². The van der Waals surface area contributed by atoms with E-state index >= 15 is 0 Å². The third-order valence-electron chi connectivity index (χ3n) is 5.64. The van der Waals surface area contributed by atoms with Gasteiger partial charge in [-0.1, -0.05) is 6.07 Å². The molecule has 0 radical (unpaired) electrons. The fourth-order valence-corrected chi connectivity index (χ4v) is 3.77. The number of fused-ring (bicyclic) bond motifs is 1. The predicted octanol–water partition coefficient (Wildman–Crippen LogP) is 3.40. The van der Waals surface area contributed by atoms with Crippen LogP contribution in [0.2, 0.25) is 0 Å². The van der Waals surface area contributed by atoms with E-state index in [0.717, 1.165) is 17.7 Å². The summed E-state index contributed by atoms with van der Waals surface area (Å²) in [6, 6.07) is 5.29. The quantitative estimate of drug-likeness (QED) is 0.419. The minimum absolute atomic E-state index is 0.0910. The van der Waals surface area contributed by atoms with E-state index in [1.54, 1.807) is 23.6 Å². The van der Waals surface area contributed by atoms with Crippen LogP contribution in [0.5, 0.6) is 5.75 Å². The second-order valence-corrected chi connectivity index (χ2v) is 8.58. The van der Waals surface area contributed by atoms with Crippen LogP contribution in [0, 0.1) is 25.5 Å². The maximum Gasteiger partial charge on any atom is 0.317 e. The lowest BCUT2D eigenvalue weighted by Crippen LogP contribution is -2.38. The average molecular weight is 483 g/mol. The molecule has 3 aromatic heterocycles. The molecule has 0 atom stereocenters. The number of rotatable bonds is 6. The van der Waals surface area contributed by atoms with E-state index in [-0.39, 0.29) is 23.7 Å². The summed E-state index contributed by atoms with van der Waals surface area (Å²) in [6.07, 6.45) is 1.76. The van der Waals surface area contributed by atoms with Gasteiger partial charge >= 0.3 is 5.97 Å². The smallest absolute Gasteiger partial charge is 0.317 e. The maximum atomic E-state index is 14.0. The molecule has 3 heterocycles. The summed E-state index contributed by atoms with van der Waals surface area (Å²) in [4.78, 5) is 32.1. The van der Waals surface area contributed by atoms with Gasteiger partial charge in [-0.3, -0.25) is 14.0 Å². The molecule has 1 aromatic carbocycles. The van der Waals surface area contributed by atoms with Gasteiger partial charge in [0.1, 0.15) is 35.0 Å². The molecule has 0 aliphatic rings. The van der Waals surface area contributed by atoms with Crippen LogP contribution in [0.1, 0.15) is 36.4 Å². The number of aryl methyl sites for hydroxylation is 2. The Morgan fingerprint density at radius 2 is 1.86 bits per heavy atom. The molecule has 9 nitrogen and oxygen atoms in total. The molecule has 1 N–H and O–H groups in total. The van der Waals surface area contributed by atoms with Gasteiger partial charge in [-0.15, -0.1) is 10.2 Å². The normalized spacial score (nSPS) is 11.6. The lowest BCUT2D eigenvalue weighted by Gasteiger charge is -2.19. The summed E-state index contributed by atoms with van der Waals surface area (Å²) < 4.78 is 40.3. The predicted molar refractivity (Wildman–Crippen MR) is 122 cm³/mol. The first-order valence-corrected chi connectivity index (χ1v) is 10.7. The number of carbonyl (C=O) groups excluding carboxylic acids is 1. The number of methoxy groups -OCH3 is 1. The Morgan fingerprint density at radius 3 is 2.49 bits per heavy atom. The van der Waals surface area contributed by atoms with Crippen molar-refractivity contribution in [1.29, 1.82) is 0 Å². The van der Waals surface area contributed by atoms with Crippen LogP contribution in [0.3, 0.4) is 0 Å². The molecule has 0 aliphatic heterocycles. The summed E-state index contributed by atoms with van der Waals surface area (Å²) in [5, 5.41) is 8.15. The number of aromatic amines is 1. The minimum atomic E-state index is -1.30. The number of ether oxygens (including phenoxy) is 2. The highest BCUT2D eigenvalue weighted by Crippen LogP contribution is 2.29. The molecular weight excluding hydrogens is 460 g/mol. The molecule has 0 saturated heterocycles. The number of nitrogens with one attached hydrogen (secondary N) is 1. The monoisotopic (exact) mass is 483 g/mol. The van der Waals surface area contributed by atoms with Crippen molar-refractivity contribution in [2.75, 3.05) is 7.11 Å². The number of H-pyrrole nitrogens is 1. The van der Waals surface area contributed by atoms with Gasteiger partial charge in [0, 0.05) is 6.20 Å². The standard InChI is InChI=1S/C24H23F2N5O4/c1-12-9-17(35-11-14-15(25)7-6-8-16(14)26)21-27-13(2)18(31(21)10-12)20-28-22(32)19(29-30-20)24(3,4)23(33)34-5/h6-10H,11H2,1-5H3,(H,28,30,32). The van der Waals surface area contributed by atoms with E-state index in [1.165, 1.54) is 27.0 Å². The first kappa shape index (κ1) is 24.0. The summed E-state index contributed by atoms with van der Waals surface area (Å²) >= 11 is 0. The summed E-state index contributed by atoms with van der Waals surface area (Å²) in [6.45, 7) is 6.22. The Balaban J connectivity index is 1.77. The largest absolute Gasteiger partial charge is 0.485 e. The van der Waals surface area contributed by atoms with Crippen LogP contribution in [0.4, 0.5) is 8.78 Å². The molecule has 11 heteroatoms. The van der Waals surface area contributed by atoms with E-state index in [0.29, 0.717) is 22.8 Å². The lowest BCUT2D eigenvalue weighted by molar-refractivity contribution is -0.146. The minimum Gasteiger partial charge on any atom is -0.485 e. The SMILES string of the molecule is COC(=O)C(C)(C)c1nnc(-c2c(C)nc3c(OCc4c(F)cccc4F)cc(C)cn23)[nH]c1=O. The van der Waals surface area contributed by atoms with Gasteiger partial charge in [-0.25, -0.2) is 13.8 Å². The number of halogens is 2. The number of imidazole rings is 1. The third kappa shape index (κ3) is 4.25. The van der Waals surface area contributed by atoms with Crippen molar-refractivity contribution in [3.8, 4) is 17.3 Å². The zero-order valence-electron chi connectivity index (χ0n) is 19.8. The molecule has 4 aromatic rings. The Morgan fingerprint density at radius 1 is 1.17 bits per heavy atom. The van der Waals surface area contributed by atoms with E-state index in [9.17, 15) is 18.4 Å². The zero-order valence-corrected chi connectivity index (χ0v) is 19.8. The number of carbonyl (C=O) groups is 1. The molecular formula is C24H23F2N5O4. The van der Waals surface area contributed by atoms with Gasteiger partial charge < -0.3 is 14.5 Å². The lowest BCUT2D eigenvalue weighted by atomic mass is 9.90. The van der Waals surface area contributed by atoms with Crippen LogP contribution in [-0.4, -0.2) is 37.6 Å². The van der Waals surface area contributed by atoms with Crippen molar-refractivity contribution in [2.24, 2.45) is 0 Å². The molecule has 0 spiro atoms. The fraction of sp³-hybridized carbons (Fsp3) is 0.292. The first-order chi connectivity index (χ1) is 16.5. The van der Waals surface area contributed by atoms with Crippen LogP contribution in [0.15, 0.2) is 35.3 Å². The Kier molecular flexibility index (Phi) is 6.10. The van der Waals surface area contributed by atoms with E-state index < -0.39 is 28.6 Å². The van der Waals surface area contributed by atoms with Crippen LogP contribution in [0.25, 0.3) is 17.2 Å². The summed E-state index contributed by atoms with van der Waals surface area (Å²) in [5.41, 5.74) is -0.122. The van der Waals surface area contributed by atoms with Crippen molar-refractivity contribution in [2.45, 2.75) is 39.7 Å². The Bertz CT molecular complexity index is 1490. The molecule has 0 amide bonds. The highest BCUT2D eigenvalue weighted by molar-refractivity contribution is 5.81. The van der Waals surface area contributed by atoms with Gasteiger partial charge in [-0.05, 0) is 51.5 Å². The molecule has 35 heavy (non-hydrogen) atoms. The van der Waals surface area contributed by atoms with Crippen LogP contribution < -0.4 is 10.3 Å². The number of hydrogen-bond acceptors (Lipinski definition) is 7. The first-order valence-electron chi connectivity index (χ1n) is 10.7. The van der Waals surface area contributed by atoms with Crippen molar-refractivity contribution in [3.63, 3.8) is 0 Å². The number of benzene rings is 1. The number of hydrogen-bond donors (Lipinski definition) is 1. The highest BCUT2D eigenvalue weighted by atomic mass is 19.1. The van der Waals surface area contributed by atoms with Gasteiger partial charge in [0.15, 0.2) is 17.2 Å². The zero-order chi connectivity index (χ0) is 25.5. The molecule has 0 fully saturated rings. The Labute approximate surface area is 198 Å². The fourth-order valence-electron chi connectivity index (χ4n) is 3.77. The molecule has 0 unspecified atom stereocenters. The van der Waals surface area contributed by atoms with E-state index in [1.807, 2.05) is 6.92 Å². The second kappa shape index (κ2) is 8.90. The molecule has 0 aliphatic carbocycles. The number of esters is 1. The molecule has 4 rings (SSSR count). The highest BCUT2D eigenvalue weighted by Gasteiger charge is 2.36. The Hall–Kier alpha value is -4.15. The molecule has 182 valence electrons. The van der Waals surface area contributed by atoms with Crippen molar-refractivity contribution in [1.82, 2.24) is 24.6 Å². The van der Waals surface area contributed by atoms with Crippen LogP contribution >= 0.6 is 0 Å². The second-order valence-electron chi connectivity index (χ2n) is 8.58. The number of nitrogens with zero attached hydrogens (tertiary/aromatic N) is 4. The van der Waals surface area contributed by atoms with Gasteiger partial charge in [-0.2, -0.15) is 0 Å². The molecule has 0 bridgehead atoms. The van der Waals surface area contributed by atoms with E-state index in [2.05, 4.69) is 20.2 Å².